The van der Waals surface area contributed by atoms with E-state index in [0.717, 1.165) is 19.3 Å². The summed E-state index contributed by atoms with van der Waals surface area (Å²) in [5.74, 6) is 0.238. The van der Waals surface area contributed by atoms with Crippen molar-refractivity contribution in [3.63, 3.8) is 0 Å². The van der Waals surface area contributed by atoms with Crippen molar-refractivity contribution in [3.8, 4) is 0 Å². The lowest BCUT2D eigenvalue weighted by molar-refractivity contribution is 0.0634. The van der Waals surface area contributed by atoms with Gasteiger partial charge in [-0.25, -0.2) is 8.42 Å². The van der Waals surface area contributed by atoms with E-state index in [-0.39, 0.29) is 11.2 Å². The minimum absolute atomic E-state index is 0.217. The summed E-state index contributed by atoms with van der Waals surface area (Å²) in [6.07, 6.45) is 4.74. The van der Waals surface area contributed by atoms with E-state index in [0.29, 0.717) is 19.6 Å². The summed E-state index contributed by atoms with van der Waals surface area (Å²) in [5, 5.41) is -0.217. The lowest BCUT2D eigenvalue weighted by Crippen LogP contribution is -2.51. The Morgan fingerprint density at radius 1 is 1.41 bits per heavy atom. The van der Waals surface area contributed by atoms with Gasteiger partial charge >= 0.3 is 0 Å². The Kier molecular flexibility index (Phi) is 4.98. The first-order valence-electron chi connectivity index (χ1n) is 6.33. The highest BCUT2D eigenvalue weighted by Gasteiger charge is 2.37. The molecule has 0 heterocycles. The Hall–Kier alpha value is -0.130. The van der Waals surface area contributed by atoms with Gasteiger partial charge in [0.25, 0.3) is 0 Å². The average Bonchev–Trinajstić information content (AvgIpc) is 2.25. The molecule has 0 aliphatic heterocycles. The summed E-state index contributed by atoms with van der Waals surface area (Å²) in [5.41, 5.74) is 5.85. The second kappa shape index (κ2) is 5.67. The first-order valence-corrected chi connectivity index (χ1v) is 8.28. The highest BCUT2D eigenvalue weighted by atomic mass is 32.2. The van der Waals surface area contributed by atoms with Gasteiger partial charge in [0, 0.05) is 18.4 Å². The molecule has 1 aliphatic rings. The minimum atomic E-state index is -2.94. The maximum atomic E-state index is 11.6. The zero-order valence-electron chi connectivity index (χ0n) is 11.1. The van der Waals surface area contributed by atoms with Crippen LogP contribution in [0.4, 0.5) is 0 Å². The van der Waals surface area contributed by atoms with Crippen LogP contribution in [0.25, 0.3) is 0 Å². The molecule has 0 aromatic rings. The lowest BCUT2D eigenvalue weighted by Gasteiger charge is -2.39. The predicted octanol–water partition coefficient (Wildman–Crippen LogP) is 1.34. The van der Waals surface area contributed by atoms with Crippen molar-refractivity contribution < 1.29 is 13.2 Å². The van der Waals surface area contributed by atoms with Crippen molar-refractivity contribution in [3.05, 3.63) is 0 Å². The van der Waals surface area contributed by atoms with Crippen LogP contribution in [-0.4, -0.2) is 38.7 Å². The Bertz CT molecular complexity index is 338. The minimum Gasteiger partial charge on any atom is -0.380 e. The van der Waals surface area contributed by atoms with E-state index in [1.54, 1.807) is 0 Å². The number of rotatable bonds is 5. The van der Waals surface area contributed by atoms with Gasteiger partial charge in [-0.15, -0.1) is 0 Å². The average molecular weight is 263 g/mol. The molecule has 0 aromatic heterocycles. The maximum Gasteiger partial charge on any atom is 0.150 e. The summed E-state index contributed by atoms with van der Waals surface area (Å²) in [7, 11) is -2.94. The van der Waals surface area contributed by atoms with Gasteiger partial charge in [0.05, 0.1) is 11.9 Å². The molecule has 5 heteroatoms. The molecule has 0 aromatic carbocycles. The van der Waals surface area contributed by atoms with E-state index >= 15 is 0 Å². The molecule has 4 nitrogen and oxygen atoms in total. The van der Waals surface area contributed by atoms with Gasteiger partial charge in [0.2, 0.25) is 0 Å². The monoisotopic (exact) mass is 263 g/mol. The van der Waals surface area contributed by atoms with Crippen LogP contribution in [0.15, 0.2) is 0 Å². The van der Waals surface area contributed by atoms with Crippen LogP contribution in [0.3, 0.4) is 0 Å². The van der Waals surface area contributed by atoms with Crippen LogP contribution in [-0.2, 0) is 14.6 Å². The van der Waals surface area contributed by atoms with E-state index in [9.17, 15) is 8.42 Å². The van der Waals surface area contributed by atoms with Crippen LogP contribution in [0.1, 0.15) is 39.5 Å². The fraction of sp³-hybridized carbons (Fsp3) is 1.00. The second-order valence-corrected chi connectivity index (χ2v) is 7.78. The molecular weight excluding hydrogens is 238 g/mol. The Balaban J connectivity index is 2.66. The number of nitrogens with two attached hydrogens (primary N) is 1. The highest BCUT2D eigenvalue weighted by molar-refractivity contribution is 7.91. The van der Waals surface area contributed by atoms with Crippen molar-refractivity contribution in [2.24, 2.45) is 11.7 Å². The van der Waals surface area contributed by atoms with Gasteiger partial charge in [-0.05, 0) is 39.0 Å². The molecule has 1 fully saturated rings. The van der Waals surface area contributed by atoms with Crippen molar-refractivity contribution in [1.82, 2.24) is 0 Å². The molecule has 1 aliphatic carbocycles. The van der Waals surface area contributed by atoms with E-state index in [1.807, 2.05) is 13.8 Å². The molecule has 102 valence electrons. The topological polar surface area (TPSA) is 69.4 Å². The van der Waals surface area contributed by atoms with Gasteiger partial charge < -0.3 is 10.5 Å². The maximum absolute atomic E-state index is 11.6. The number of sulfone groups is 1. The first kappa shape index (κ1) is 14.9. The summed E-state index contributed by atoms with van der Waals surface area (Å²) >= 11 is 0. The molecule has 2 N–H and O–H groups in total. The zero-order chi connectivity index (χ0) is 13.1. The Morgan fingerprint density at radius 2 is 2.06 bits per heavy atom. The third-order valence-electron chi connectivity index (χ3n) is 3.78. The SMILES string of the molecule is CCOCC(C)(N)C1CCCC(S(C)(=O)=O)C1. The van der Waals surface area contributed by atoms with Crippen molar-refractivity contribution in [2.75, 3.05) is 19.5 Å². The van der Waals surface area contributed by atoms with Crippen LogP contribution < -0.4 is 5.73 Å². The number of hydrogen-bond acceptors (Lipinski definition) is 4. The van der Waals surface area contributed by atoms with Crippen molar-refractivity contribution in [1.29, 1.82) is 0 Å². The van der Waals surface area contributed by atoms with Gasteiger partial charge in [-0.3, -0.25) is 0 Å². The lowest BCUT2D eigenvalue weighted by atomic mass is 9.76. The van der Waals surface area contributed by atoms with E-state index in [1.165, 1.54) is 6.26 Å². The van der Waals surface area contributed by atoms with Gasteiger partial charge in [-0.2, -0.15) is 0 Å². The smallest absolute Gasteiger partial charge is 0.150 e. The van der Waals surface area contributed by atoms with E-state index in [2.05, 4.69) is 0 Å². The van der Waals surface area contributed by atoms with Crippen molar-refractivity contribution in [2.45, 2.75) is 50.3 Å². The summed E-state index contributed by atoms with van der Waals surface area (Å²) < 4.78 is 28.6. The molecule has 0 bridgehead atoms. The molecule has 3 atom stereocenters. The summed E-state index contributed by atoms with van der Waals surface area (Å²) in [4.78, 5) is 0. The molecular formula is C12H25NO3S. The summed E-state index contributed by atoms with van der Waals surface area (Å²) in [6.45, 7) is 5.06. The normalized spacial score (nSPS) is 29.9. The van der Waals surface area contributed by atoms with Gasteiger partial charge in [0.15, 0.2) is 0 Å². The molecule has 0 radical (unpaired) electrons. The van der Waals surface area contributed by atoms with Crippen molar-refractivity contribution >= 4 is 9.84 Å². The second-order valence-electron chi connectivity index (χ2n) is 5.46. The third-order valence-corrected chi connectivity index (χ3v) is 5.42. The van der Waals surface area contributed by atoms with E-state index < -0.39 is 15.4 Å². The van der Waals surface area contributed by atoms with Gasteiger partial charge in [-0.1, -0.05) is 6.42 Å². The summed E-state index contributed by atoms with van der Waals surface area (Å²) in [6, 6.07) is 0. The van der Waals surface area contributed by atoms with Crippen LogP contribution in [0.2, 0.25) is 0 Å². The fourth-order valence-electron chi connectivity index (χ4n) is 2.57. The Morgan fingerprint density at radius 3 is 2.59 bits per heavy atom. The molecule has 1 rings (SSSR count). The molecule has 0 spiro atoms. The van der Waals surface area contributed by atoms with Crippen LogP contribution in [0.5, 0.6) is 0 Å². The van der Waals surface area contributed by atoms with Crippen LogP contribution >= 0.6 is 0 Å². The fourth-order valence-corrected chi connectivity index (χ4v) is 3.75. The van der Waals surface area contributed by atoms with E-state index in [4.69, 9.17) is 10.5 Å². The quantitative estimate of drug-likeness (QED) is 0.812. The molecule has 0 amide bonds. The molecule has 17 heavy (non-hydrogen) atoms. The third kappa shape index (κ3) is 4.23. The zero-order valence-corrected chi connectivity index (χ0v) is 11.9. The number of hydrogen-bond donors (Lipinski definition) is 1. The molecule has 3 unspecified atom stereocenters. The Labute approximate surface area is 105 Å². The standard InChI is InChI=1S/C12H25NO3S/c1-4-16-9-12(2,13)10-6-5-7-11(8-10)17(3,14)15/h10-11H,4-9,13H2,1-3H3. The molecule has 1 saturated carbocycles. The highest BCUT2D eigenvalue weighted by Crippen LogP contribution is 2.34. The van der Waals surface area contributed by atoms with Crippen LogP contribution in [0, 0.1) is 5.92 Å². The molecule has 0 saturated heterocycles. The number of ether oxygens (including phenoxy) is 1. The van der Waals surface area contributed by atoms with Gasteiger partial charge in [0.1, 0.15) is 9.84 Å². The first-order chi connectivity index (χ1) is 7.77. The largest absolute Gasteiger partial charge is 0.380 e. The predicted molar refractivity (Wildman–Crippen MR) is 69.7 cm³/mol.